The van der Waals surface area contributed by atoms with Gasteiger partial charge in [0.15, 0.2) is 6.61 Å². The number of hydrogen-bond donors (Lipinski definition) is 1. The summed E-state index contributed by atoms with van der Waals surface area (Å²) in [6.45, 7) is 6.90. The summed E-state index contributed by atoms with van der Waals surface area (Å²) in [5, 5.41) is 8.98. The van der Waals surface area contributed by atoms with E-state index in [1.807, 2.05) is 19.9 Å². The van der Waals surface area contributed by atoms with Crippen LogP contribution in [0.4, 0.5) is 0 Å². The van der Waals surface area contributed by atoms with Crippen LogP contribution in [0.25, 0.3) is 0 Å². The second kappa shape index (κ2) is 6.59. The van der Waals surface area contributed by atoms with Crippen molar-refractivity contribution in [3.8, 4) is 5.75 Å². The highest BCUT2D eigenvalue weighted by Gasteiger charge is 2.15. The Hall–Kier alpha value is -2.07. The number of Topliss-reactive ketones (excluding diaryl/α,β-unsaturated/α-hetero) is 1. The van der Waals surface area contributed by atoms with E-state index in [-0.39, 0.29) is 19.0 Å². The Labute approximate surface area is 125 Å². The molecule has 0 unspecified atom stereocenters. The van der Waals surface area contributed by atoms with Crippen LogP contribution < -0.4 is 4.74 Å². The first-order valence-electron chi connectivity index (χ1n) is 7.09. The zero-order valence-electron chi connectivity index (χ0n) is 12.7. The van der Waals surface area contributed by atoms with E-state index in [0.29, 0.717) is 5.75 Å². The molecule has 0 saturated heterocycles. The topological polar surface area (TPSA) is 51.5 Å². The molecular formula is C17H21NO3. The Morgan fingerprint density at radius 1 is 1.24 bits per heavy atom. The highest BCUT2D eigenvalue weighted by Crippen LogP contribution is 2.17. The summed E-state index contributed by atoms with van der Waals surface area (Å²) < 4.78 is 7.63. The first kappa shape index (κ1) is 15.3. The maximum Gasteiger partial charge on any atom is 0.202 e. The molecule has 0 fully saturated rings. The molecule has 0 aliphatic heterocycles. The molecule has 0 spiro atoms. The van der Waals surface area contributed by atoms with E-state index < -0.39 is 0 Å². The Morgan fingerprint density at radius 3 is 2.43 bits per heavy atom. The fourth-order valence-electron chi connectivity index (χ4n) is 2.49. The number of carbonyl (C=O) groups is 1. The number of aromatic nitrogens is 1. The van der Waals surface area contributed by atoms with Crippen molar-refractivity contribution < 1.29 is 14.6 Å². The van der Waals surface area contributed by atoms with E-state index in [1.165, 1.54) is 0 Å². The third-order valence-corrected chi connectivity index (χ3v) is 3.67. The van der Waals surface area contributed by atoms with E-state index in [9.17, 15) is 4.79 Å². The van der Waals surface area contributed by atoms with Crippen molar-refractivity contribution in [1.82, 2.24) is 4.57 Å². The molecule has 0 bridgehead atoms. The first-order chi connectivity index (χ1) is 10.1. The highest BCUT2D eigenvalue weighted by atomic mass is 16.5. The van der Waals surface area contributed by atoms with E-state index in [2.05, 4.69) is 11.5 Å². The van der Waals surface area contributed by atoms with Crippen LogP contribution >= 0.6 is 0 Å². The van der Waals surface area contributed by atoms with Crippen LogP contribution in [0.2, 0.25) is 0 Å². The third kappa shape index (κ3) is 3.34. The highest BCUT2D eigenvalue weighted by molar-refractivity contribution is 5.98. The van der Waals surface area contributed by atoms with Gasteiger partial charge in [-0.15, -0.1) is 0 Å². The average molecular weight is 287 g/mol. The average Bonchev–Trinajstić information content (AvgIpc) is 2.79. The Bertz CT molecular complexity index is 626. The van der Waals surface area contributed by atoms with Crippen LogP contribution in [0.1, 0.15) is 34.2 Å². The Kier molecular flexibility index (Phi) is 4.81. The fraction of sp³-hybridized carbons (Fsp3) is 0.353. The van der Waals surface area contributed by atoms with Gasteiger partial charge < -0.3 is 14.4 Å². The normalized spacial score (nSPS) is 10.7. The molecule has 0 atom stereocenters. The summed E-state index contributed by atoms with van der Waals surface area (Å²) in [6, 6.07) is 8.99. The van der Waals surface area contributed by atoms with Crippen molar-refractivity contribution in [3.63, 3.8) is 0 Å². The van der Waals surface area contributed by atoms with Crippen LogP contribution in [0, 0.1) is 13.8 Å². The summed E-state index contributed by atoms with van der Waals surface area (Å²) in [6.07, 6.45) is 0. The lowest BCUT2D eigenvalue weighted by atomic mass is 10.1. The van der Waals surface area contributed by atoms with Crippen LogP contribution in [-0.2, 0) is 13.2 Å². The van der Waals surface area contributed by atoms with Crippen LogP contribution in [0.15, 0.2) is 30.3 Å². The molecule has 2 rings (SSSR count). The SMILES string of the molecule is CCn1c(C)cc(C(=O)COc2ccc(CO)cc2)c1C. The predicted molar refractivity (Wildman–Crippen MR) is 81.8 cm³/mol. The molecule has 2 aromatic rings. The summed E-state index contributed by atoms with van der Waals surface area (Å²) >= 11 is 0. The molecule has 1 heterocycles. The van der Waals surface area contributed by atoms with Gasteiger partial charge in [0.05, 0.1) is 6.61 Å². The van der Waals surface area contributed by atoms with Crippen LogP contribution in [0.5, 0.6) is 5.75 Å². The van der Waals surface area contributed by atoms with Gasteiger partial charge in [-0.1, -0.05) is 12.1 Å². The van der Waals surface area contributed by atoms with Crippen molar-refractivity contribution in [2.24, 2.45) is 0 Å². The Balaban J connectivity index is 2.04. The van der Waals surface area contributed by atoms with E-state index in [4.69, 9.17) is 9.84 Å². The minimum absolute atomic E-state index is 0.00220. The van der Waals surface area contributed by atoms with Gasteiger partial charge in [-0.3, -0.25) is 4.79 Å². The lowest BCUT2D eigenvalue weighted by molar-refractivity contribution is 0.0920. The van der Waals surface area contributed by atoms with Gasteiger partial charge in [0.1, 0.15) is 5.75 Å². The van der Waals surface area contributed by atoms with E-state index in [1.54, 1.807) is 24.3 Å². The molecule has 0 aliphatic carbocycles. The minimum Gasteiger partial charge on any atom is -0.485 e. The van der Waals surface area contributed by atoms with Crippen molar-refractivity contribution in [2.45, 2.75) is 33.9 Å². The number of ether oxygens (including phenoxy) is 1. The summed E-state index contributed by atoms with van der Waals surface area (Å²) in [5.74, 6) is 0.610. The van der Waals surface area contributed by atoms with Crippen molar-refractivity contribution in [3.05, 3.63) is 52.8 Å². The van der Waals surface area contributed by atoms with E-state index in [0.717, 1.165) is 29.1 Å². The number of aliphatic hydroxyl groups is 1. The predicted octanol–water partition coefficient (Wildman–Crippen LogP) is 2.88. The monoisotopic (exact) mass is 287 g/mol. The molecule has 0 aliphatic rings. The maximum absolute atomic E-state index is 12.3. The van der Waals surface area contributed by atoms with Gasteiger partial charge in [-0.25, -0.2) is 0 Å². The molecular weight excluding hydrogens is 266 g/mol. The number of ketones is 1. The second-order valence-electron chi connectivity index (χ2n) is 5.04. The molecule has 112 valence electrons. The number of rotatable bonds is 6. The second-order valence-corrected chi connectivity index (χ2v) is 5.04. The van der Waals surface area contributed by atoms with Crippen molar-refractivity contribution in [1.29, 1.82) is 0 Å². The number of aliphatic hydroxyl groups excluding tert-OH is 1. The quantitative estimate of drug-likeness (QED) is 0.831. The Morgan fingerprint density at radius 2 is 1.90 bits per heavy atom. The number of benzene rings is 1. The van der Waals surface area contributed by atoms with Crippen molar-refractivity contribution in [2.75, 3.05) is 6.61 Å². The molecule has 1 aromatic carbocycles. The molecule has 4 nitrogen and oxygen atoms in total. The van der Waals surface area contributed by atoms with E-state index >= 15 is 0 Å². The van der Waals surface area contributed by atoms with Gasteiger partial charge >= 0.3 is 0 Å². The summed E-state index contributed by atoms with van der Waals surface area (Å²) in [5.41, 5.74) is 3.62. The molecule has 4 heteroatoms. The first-order valence-corrected chi connectivity index (χ1v) is 7.09. The smallest absolute Gasteiger partial charge is 0.202 e. The molecule has 1 aromatic heterocycles. The zero-order valence-corrected chi connectivity index (χ0v) is 12.7. The zero-order chi connectivity index (χ0) is 15.4. The fourth-order valence-corrected chi connectivity index (χ4v) is 2.49. The molecule has 0 saturated carbocycles. The lowest BCUT2D eigenvalue weighted by Gasteiger charge is -2.07. The van der Waals surface area contributed by atoms with Gasteiger partial charge in [0.25, 0.3) is 0 Å². The minimum atomic E-state index is -0.0194. The van der Waals surface area contributed by atoms with Crippen molar-refractivity contribution >= 4 is 5.78 Å². The van der Waals surface area contributed by atoms with Crippen LogP contribution in [0.3, 0.4) is 0 Å². The standard InChI is InChI=1S/C17H21NO3/c1-4-18-12(2)9-16(13(18)3)17(20)11-21-15-7-5-14(10-19)6-8-15/h5-9,19H,4,10-11H2,1-3H3. The molecule has 0 radical (unpaired) electrons. The maximum atomic E-state index is 12.3. The molecule has 0 amide bonds. The summed E-state index contributed by atoms with van der Waals surface area (Å²) in [4.78, 5) is 12.3. The number of hydrogen-bond acceptors (Lipinski definition) is 3. The number of nitrogens with zero attached hydrogens (tertiary/aromatic N) is 1. The van der Waals surface area contributed by atoms with Gasteiger partial charge in [-0.05, 0) is 44.5 Å². The summed E-state index contributed by atoms with van der Waals surface area (Å²) in [7, 11) is 0. The van der Waals surface area contributed by atoms with Crippen LogP contribution in [-0.4, -0.2) is 22.1 Å². The van der Waals surface area contributed by atoms with Gasteiger partial charge in [-0.2, -0.15) is 0 Å². The lowest BCUT2D eigenvalue weighted by Crippen LogP contribution is -2.12. The van der Waals surface area contributed by atoms with Gasteiger partial charge in [0, 0.05) is 23.5 Å². The molecule has 1 N–H and O–H groups in total. The molecule has 21 heavy (non-hydrogen) atoms. The third-order valence-electron chi connectivity index (χ3n) is 3.67. The largest absolute Gasteiger partial charge is 0.485 e. The number of carbonyl (C=O) groups excluding carboxylic acids is 1. The van der Waals surface area contributed by atoms with Gasteiger partial charge in [0.2, 0.25) is 5.78 Å². The number of aryl methyl sites for hydroxylation is 1.